The van der Waals surface area contributed by atoms with E-state index in [0.29, 0.717) is 5.92 Å². The van der Waals surface area contributed by atoms with E-state index in [4.69, 9.17) is 9.97 Å². The molecule has 0 radical (unpaired) electrons. The van der Waals surface area contributed by atoms with E-state index in [2.05, 4.69) is 187 Å². The minimum atomic E-state index is 0.131. The second-order valence-electron chi connectivity index (χ2n) is 18.9. The van der Waals surface area contributed by atoms with Crippen LogP contribution in [0.5, 0.6) is 0 Å². The highest BCUT2D eigenvalue weighted by Crippen LogP contribution is 2.63. The number of hydrogen-bond donors (Lipinski definition) is 0. The molecule has 3 nitrogen and oxygen atoms in total. The number of benzene rings is 6. The first-order chi connectivity index (χ1) is 31.8. The zero-order valence-corrected chi connectivity index (χ0v) is 35.4. The summed E-state index contributed by atoms with van der Waals surface area (Å²) in [6.07, 6.45) is 27.5. The minimum Gasteiger partial charge on any atom is -0.278 e. The van der Waals surface area contributed by atoms with E-state index >= 15 is 0 Å². The summed E-state index contributed by atoms with van der Waals surface area (Å²) < 4.78 is 2.48. The summed E-state index contributed by atoms with van der Waals surface area (Å²) in [5.41, 5.74) is 24.4. The van der Waals surface area contributed by atoms with Gasteiger partial charge in [-0.25, -0.2) is 9.97 Å². The predicted molar refractivity (Wildman–Crippen MR) is 262 cm³/mol. The van der Waals surface area contributed by atoms with Gasteiger partial charge in [-0.2, -0.15) is 0 Å². The van der Waals surface area contributed by atoms with Crippen molar-refractivity contribution < 1.29 is 0 Å². The van der Waals surface area contributed by atoms with Crippen molar-refractivity contribution in [2.75, 3.05) is 0 Å². The molecule has 0 saturated carbocycles. The topological polar surface area (TPSA) is 30.7 Å². The summed E-state index contributed by atoms with van der Waals surface area (Å²) in [4.78, 5) is 11.5. The van der Waals surface area contributed by atoms with E-state index in [9.17, 15) is 0 Å². The molecule has 15 rings (SSSR count). The number of aromatic nitrogens is 3. The van der Waals surface area contributed by atoms with Crippen molar-refractivity contribution in [2.24, 2.45) is 5.92 Å². The Kier molecular flexibility index (Phi) is 7.19. The molecule has 64 heavy (non-hydrogen) atoms. The number of hydrogen-bond acceptors (Lipinski definition) is 2. The lowest BCUT2D eigenvalue weighted by Gasteiger charge is -2.35. The summed E-state index contributed by atoms with van der Waals surface area (Å²) in [7, 11) is 0. The largest absolute Gasteiger partial charge is 0.278 e. The molecule has 7 aliphatic carbocycles. The van der Waals surface area contributed by atoms with E-state index in [1.807, 2.05) is 0 Å². The number of allylic oxidation sites excluding steroid dienone is 10. The van der Waals surface area contributed by atoms with Crippen LogP contribution in [0.2, 0.25) is 0 Å². The fourth-order valence-electron chi connectivity index (χ4n) is 13.2. The fourth-order valence-corrected chi connectivity index (χ4v) is 13.2. The molecule has 0 saturated heterocycles. The van der Waals surface area contributed by atoms with Crippen LogP contribution in [0.15, 0.2) is 176 Å². The summed E-state index contributed by atoms with van der Waals surface area (Å²) in [5.74, 6) is 1.91. The standard InChI is InChI=1S/C61H43N3/c1-2-15-35(16-3-1)49-33-37-18-5-6-19-39(37)42-31-29-38(34-50(42)49)59-47-25-12-13-28-51(47)62-61(63-59)64-52-32-30-36-17-4-7-20-40(36)54(52)58-57-48-27-14-26-43-41-21-8-9-22-44(41)55(53(43)48)56(57)45-23-10-11-24-46(45)60(58)64/h1-11,13-24,26-32,36,38,40,49,55H,12,25,33-34H2/t36?,38?,40?,49-,55?/m1/s1. The molecule has 2 aromatic heterocycles. The average Bonchev–Trinajstić information content (AvgIpc) is 4.02. The van der Waals surface area contributed by atoms with Crippen LogP contribution in [0.3, 0.4) is 0 Å². The van der Waals surface area contributed by atoms with Crippen molar-refractivity contribution in [3.8, 4) is 28.2 Å². The van der Waals surface area contributed by atoms with E-state index in [1.165, 1.54) is 111 Å². The van der Waals surface area contributed by atoms with E-state index < -0.39 is 0 Å². The highest BCUT2D eigenvalue weighted by molar-refractivity contribution is 6.21. The molecule has 7 aliphatic rings. The normalized spacial score (nSPS) is 22.2. The van der Waals surface area contributed by atoms with Crippen molar-refractivity contribution in [3.05, 3.63) is 237 Å². The molecule has 3 heteroatoms. The highest BCUT2D eigenvalue weighted by atomic mass is 15.2. The summed E-state index contributed by atoms with van der Waals surface area (Å²) in [6.45, 7) is 0. The molecule has 0 fully saturated rings. The summed E-state index contributed by atoms with van der Waals surface area (Å²) >= 11 is 0. The maximum absolute atomic E-state index is 5.89. The SMILES string of the molecule is C1=CC2C=Cc3c(c4c5c(c6ccccc6c4n3-c3nc4c(c(C6C=CC7=C(C6)[C@@H](c6ccccc6)Cc6ccccc67)n3)CCC=C4)C3c4ccccc4-c4cccc-5c43)C2C=C1. The van der Waals surface area contributed by atoms with Crippen LogP contribution in [0.1, 0.15) is 98.1 Å². The molecule has 2 heterocycles. The van der Waals surface area contributed by atoms with Crippen molar-refractivity contribution in [3.63, 3.8) is 0 Å². The number of rotatable bonds is 3. The van der Waals surface area contributed by atoms with Crippen LogP contribution in [0.4, 0.5) is 0 Å². The van der Waals surface area contributed by atoms with Gasteiger partial charge in [0.2, 0.25) is 5.95 Å². The Morgan fingerprint density at radius 2 is 1.39 bits per heavy atom. The van der Waals surface area contributed by atoms with Crippen molar-refractivity contribution >= 4 is 39.4 Å². The van der Waals surface area contributed by atoms with E-state index in [1.54, 1.807) is 0 Å². The smallest absolute Gasteiger partial charge is 0.235 e. The summed E-state index contributed by atoms with van der Waals surface area (Å²) in [5, 5.41) is 3.95. The van der Waals surface area contributed by atoms with E-state index in [0.717, 1.165) is 37.3 Å². The molecule has 0 spiro atoms. The molecule has 0 bridgehead atoms. The molecule has 0 amide bonds. The van der Waals surface area contributed by atoms with Gasteiger partial charge in [0.1, 0.15) is 0 Å². The van der Waals surface area contributed by atoms with Crippen LogP contribution in [0, 0.1) is 5.92 Å². The second-order valence-corrected chi connectivity index (χ2v) is 18.9. The Hall–Kier alpha value is -7.36. The van der Waals surface area contributed by atoms with Gasteiger partial charge in [0, 0.05) is 45.9 Å². The highest BCUT2D eigenvalue weighted by Gasteiger charge is 2.44. The molecule has 4 unspecified atom stereocenters. The van der Waals surface area contributed by atoms with Gasteiger partial charge in [-0.1, -0.05) is 176 Å². The van der Waals surface area contributed by atoms with Gasteiger partial charge in [0.05, 0.1) is 22.6 Å². The van der Waals surface area contributed by atoms with Gasteiger partial charge < -0.3 is 0 Å². The van der Waals surface area contributed by atoms with Gasteiger partial charge in [0.15, 0.2) is 0 Å². The van der Waals surface area contributed by atoms with Crippen molar-refractivity contribution in [2.45, 2.75) is 49.4 Å². The lowest BCUT2D eigenvalue weighted by atomic mass is 9.70. The van der Waals surface area contributed by atoms with Crippen LogP contribution >= 0.6 is 0 Å². The zero-order valence-electron chi connectivity index (χ0n) is 35.4. The fraction of sp³-hybridized carbons (Fsp3) is 0.148. The maximum Gasteiger partial charge on any atom is 0.235 e. The lowest BCUT2D eigenvalue weighted by molar-refractivity contribution is 0.664. The van der Waals surface area contributed by atoms with E-state index in [-0.39, 0.29) is 23.7 Å². The van der Waals surface area contributed by atoms with Gasteiger partial charge in [0.25, 0.3) is 0 Å². The maximum atomic E-state index is 5.89. The van der Waals surface area contributed by atoms with Crippen molar-refractivity contribution in [1.82, 2.24) is 14.5 Å². The quantitative estimate of drug-likeness (QED) is 0.178. The Morgan fingerprint density at radius 1 is 0.594 bits per heavy atom. The van der Waals surface area contributed by atoms with Gasteiger partial charge in [-0.3, -0.25) is 4.57 Å². The second kappa shape index (κ2) is 13.1. The Balaban J connectivity index is 0.996. The third kappa shape index (κ3) is 4.66. The molecule has 6 aromatic carbocycles. The van der Waals surface area contributed by atoms with Gasteiger partial charge in [-0.15, -0.1) is 0 Å². The molecule has 0 N–H and O–H groups in total. The van der Waals surface area contributed by atoms with Gasteiger partial charge >= 0.3 is 0 Å². The monoisotopic (exact) mass is 817 g/mol. The average molecular weight is 818 g/mol. The van der Waals surface area contributed by atoms with Crippen LogP contribution in [-0.2, 0) is 12.8 Å². The lowest BCUT2D eigenvalue weighted by Crippen LogP contribution is -2.21. The predicted octanol–water partition coefficient (Wildman–Crippen LogP) is 14.4. The molecule has 5 atom stereocenters. The van der Waals surface area contributed by atoms with Crippen LogP contribution in [-0.4, -0.2) is 14.5 Å². The minimum absolute atomic E-state index is 0.131. The third-order valence-corrected chi connectivity index (χ3v) is 15.8. The summed E-state index contributed by atoms with van der Waals surface area (Å²) in [6, 6.07) is 45.6. The molecular weight excluding hydrogens is 775 g/mol. The Morgan fingerprint density at radius 3 is 2.33 bits per heavy atom. The third-order valence-electron chi connectivity index (χ3n) is 15.8. The van der Waals surface area contributed by atoms with Gasteiger partial charge in [-0.05, 0) is 110 Å². The Bertz CT molecular complexity index is 3590. The zero-order chi connectivity index (χ0) is 41.6. The molecule has 8 aromatic rings. The van der Waals surface area contributed by atoms with Crippen molar-refractivity contribution in [1.29, 1.82) is 0 Å². The first kappa shape index (κ1) is 35.1. The van der Waals surface area contributed by atoms with Crippen LogP contribution < -0.4 is 0 Å². The first-order valence-electron chi connectivity index (χ1n) is 23.3. The number of nitrogens with zero attached hydrogens (tertiary/aromatic N) is 3. The number of fused-ring (bicyclic) bond motifs is 18. The molecule has 0 aliphatic heterocycles. The first-order valence-corrected chi connectivity index (χ1v) is 23.3. The van der Waals surface area contributed by atoms with Crippen LogP contribution in [0.25, 0.3) is 67.6 Å². The molecular formula is C61H43N3. The molecule has 302 valence electrons. The Labute approximate surface area is 372 Å².